The minimum Gasteiger partial charge on any atom is -0.302 e. The molecule has 0 amide bonds. The summed E-state index contributed by atoms with van der Waals surface area (Å²) in [6.07, 6.45) is 5.19. The number of nitrogens with one attached hydrogen (secondary N) is 1. The smallest absolute Gasteiger partial charge is 0.0576 e. The zero-order chi connectivity index (χ0) is 10.5. The van der Waals surface area contributed by atoms with E-state index in [-0.39, 0.29) is 12.4 Å². The third-order valence-electron chi connectivity index (χ3n) is 2.42. The number of hydrogen-bond acceptors (Lipinski definition) is 1. The van der Waals surface area contributed by atoms with Crippen molar-refractivity contribution in [3.05, 3.63) is 48.0 Å². The van der Waals surface area contributed by atoms with Gasteiger partial charge in [0, 0.05) is 6.54 Å². The standard InChI is InChI=1S/C14H13N.ClH/c1-2-10-15-11-13-8-5-7-12-6-3-4-9-14(12)13;/h1,3-9,15H,10-11H2;1H. The molecule has 2 heteroatoms. The van der Waals surface area contributed by atoms with Crippen LogP contribution in [-0.4, -0.2) is 6.54 Å². The third-order valence-corrected chi connectivity index (χ3v) is 2.42. The SMILES string of the molecule is C#CCNCc1cccc2ccccc12.Cl. The van der Waals surface area contributed by atoms with Gasteiger partial charge in [0.15, 0.2) is 0 Å². The molecule has 0 aromatic heterocycles. The van der Waals surface area contributed by atoms with Crippen molar-refractivity contribution < 1.29 is 0 Å². The van der Waals surface area contributed by atoms with E-state index < -0.39 is 0 Å². The molecular weight excluding hydrogens is 218 g/mol. The Labute approximate surface area is 102 Å². The molecule has 0 saturated carbocycles. The molecule has 0 aliphatic rings. The van der Waals surface area contributed by atoms with E-state index >= 15 is 0 Å². The molecule has 2 rings (SSSR count). The molecule has 0 spiro atoms. The lowest BCUT2D eigenvalue weighted by atomic mass is 10.0. The minimum absolute atomic E-state index is 0. The Bertz CT molecular complexity index is 494. The van der Waals surface area contributed by atoms with Crippen molar-refractivity contribution in [1.82, 2.24) is 5.32 Å². The molecule has 0 saturated heterocycles. The van der Waals surface area contributed by atoms with E-state index in [1.165, 1.54) is 16.3 Å². The molecule has 0 unspecified atom stereocenters. The highest BCUT2D eigenvalue weighted by Crippen LogP contribution is 2.17. The van der Waals surface area contributed by atoms with Gasteiger partial charge in [-0.25, -0.2) is 0 Å². The van der Waals surface area contributed by atoms with Crippen molar-refractivity contribution in [2.75, 3.05) is 6.54 Å². The molecule has 0 atom stereocenters. The van der Waals surface area contributed by atoms with Gasteiger partial charge in [0.25, 0.3) is 0 Å². The van der Waals surface area contributed by atoms with E-state index in [0.29, 0.717) is 6.54 Å². The Hall–Kier alpha value is -1.49. The maximum atomic E-state index is 5.19. The van der Waals surface area contributed by atoms with Crippen molar-refractivity contribution in [2.45, 2.75) is 6.54 Å². The topological polar surface area (TPSA) is 12.0 Å². The highest BCUT2D eigenvalue weighted by molar-refractivity contribution is 5.85. The fourth-order valence-corrected chi connectivity index (χ4v) is 1.72. The van der Waals surface area contributed by atoms with E-state index in [4.69, 9.17) is 6.42 Å². The van der Waals surface area contributed by atoms with Crippen LogP contribution < -0.4 is 5.32 Å². The first-order valence-electron chi connectivity index (χ1n) is 5.02. The summed E-state index contributed by atoms with van der Waals surface area (Å²) < 4.78 is 0. The maximum Gasteiger partial charge on any atom is 0.0576 e. The normalized spacial score (nSPS) is 9.44. The van der Waals surface area contributed by atoms with Crippen LogP contribution in [0.15, 0.2) is 42.5 Å². The number of hydrogen-bond donors (Lipinski definition) is 1. The molecule has 2 aromatic carbocycles. The van der Waals surface area contributed by atoms with Gasteiger partial charge in [-0.2, -0.15) is 0 Å². The second kappa shape index (κ2) is 6.17. The number of rotatable bonds is 3. The Morgan fingerprint density at radius 2 is 1.81 bits per heavy atom. The second-order valence-corrected chi connectivity index (χ2v) is 3.45. The summed E-state index contributed by atoms with van der Waals surface area (Å²) in [7, 11) is 0. The lowest BCUT2D eigenvalue weighted by molar-refractivity contribution is 0.775. The van der Waals surface area contributed by atoms with Crippen molar-refractivity contribution in [3.8, 4) is 12.3 Å². The van der Waals surface area contributed by atoms with E-state index in [1.807, 2.05) is 0 Å². The molecule has 0 aliphatic carbocycles. The predicted octanol–water partition coefficient (Wildman–Crippen LogP) is 2.98. The number of halogens is 1. The summed E-state index contributed by atoms with van der Waals surface area (Å²) >= 11 is 0. The van der Waals surface area contributed by atoms with Crippen LogP contribution in [0.1, 0.15) is 5.56 Å². The highest BCUT2D eigenvalue weighted by Gasteiger charge is 1.98. The lowest BCUT2D eigenvalue weighted by Gasteiger charge is -2.06. The van der Waals surface area contributed by atoms with Crippen molar-refractivity contribution >= 4 is 23.2 Å². The zero-order valence-electron chi connectivity index (χ0n) is 8.94. The molecule has 0 radical (unpaired) electrons. The van der Waals surface area contributed by atoms with Gasteiger partial charge < -0.3 is 5.32 Å². The van der Waals surface area contributed by atoms with Gasteiger partial charge in [-0.1, -0.05) is 48.4 Å². The summed E-state index contributed by atoms with van der Waals surface area (Å²) in [6, 6.07) is 14.7. The van der Waals surface area contributed by atoms with Crippen LogP contribution >= 0.6 is 12.4 Å². The highest BCUT2D eigenvalue weighted by atomic mass is 35.5. The number of terminal acetylenes is 1. The molecule has 82 valence electrons. The van der Waals surface area contributed by atoms with Gasteiger partial charge in [-0.05, 0) is 16.3 Å². The first kappa shape index (κ1) is 12.6. The Balaban J connectivity index is 0.00000128. The summed E-state index contributed by atoms with van der Waals surface area (Å²) in [5.41, 5.74) is 1.29. The largest absolute Gasteiger partial charge is 0.302 e. The van der Waals surface area contributed by atoms with Crippen LogP contribution in [0.4, 0.5) is 0 Å². The zero-order valence-corrected chi connectivity index (χ0v) is 9.76. The van der Waals surface area contributed by atoms with Gasteiger partial charge >= 0.3 is 0 Å². The third kappa shape index (κ3) is 2.76. The van der Waals surface area contributed by atoms with Crippen LogP contribution in [0.2, 0.25) is 0 Å². The summed E-state index contributed by atoms with van der Waals surface area (Å²) in [4.78, 5) is 0. The van der Waals surface area contributed by atoms with E-state index in [2.05, 4.69) is 53.7 Å². The summed E-state index contributed by atoms with van der Waals surface area (Å²) in [6.45, 7) is 1.44. The molecule has 0 bridgehead atoms. The van der Waals surface area contributed by atoms with E-state index in [0.717, 1.165) is 6.54 Å². The van der Waals surface area contributed by atoms with Gasteiger partial charge in [0.2, 0.25) is 0 Å². The first-order valence-corrected chi connectivity index (χ1v) is 5.02. The van der Waals surface area contributed by atoms with E-state index in [1.54, 1.807) is 0 Å². The molecule has 0 aliphatic heterocycles. The molecule has 0 fully saturated rings. The molecule has 16 heavy (non-hydrogen) atoms. The maximum absolute atomic E-state index is 5.19. The Morgan fingerprint density at radius 1 is 1.06 bits per heavy atom. The molecule has 2 aromatic rings. The molecule has 0 heterocycles. The number of benzene rings is 2. The van der Waals surface area contributed by atoms with E-state index in [9.17, 15) is 0 Å². The van der Waals surface area contributed by atoms with Crippen molar-refractivity contribution in [3.63, 3.8) is 0 Å². The Kier molecular flexibility index (Phi) is 4.85. The van der Waals surface area contributed by atoms with Gasteiger partial charge in [0.05, 0.1) is 6.54 Å². The Morgan fingerprint density at radius 3 is 2.62 bits per heavy atom. The van der Waals surface area contributed by atoms with Crippen molar-refractivity contribution in [1.29, 1.82) is 0 Å². The summed E-state index contributed by atoms with van der Waals surface area (Å²) in [5, 5.41) is 5.78. The van der Waals surface area contributed by atoms with Crippen LogP contribution in [0, 0.1) is 12.3 Å². The van der Waals surface area contributed by atoms with Crippen molar-refractivity contribution in [2.24, 2.45) is 0 Å². The predicted molar refractivity (Wildman–Crippen MR) is 71.7 cm³/mol. The molecule has 1 nitrogen and oxygen atoms in total. The minimum atomic E-state index is 0. The fourth-order valence-electron chi connectivity index (χ4n) is 1.72. The first-order chi connectivity index (χ1) is 7.42. The number of fused-ring (bicyclic) bond motifs is 1. The summed E-state index contributed by atoms with van der Waals surface area (Å²) in [5.74, 6) is 2.57. The average Bonchev–Trinajstić information content (AvgIpc) is 2.30. The second-order valence-electron chi connectivity index (χ2n) is 3.45. The van der Waals surface area contributed by atoms with Gasteiger partial charge in [-0.3, -0.25) is 0 Å². The molecular formula is C14H14ClN. The van der Waals surface area contributed by atoms with Crippen LogP contribution in [0.25, 0.3) is 10.8 Å². The fraction of sp³-hybridized carbons (Fsp3) is 0.143. The quantitative estimate of drug-likeness (QED) is 0.633. The van der Waals surface area contributed by atoms with Gasteiger partial charge in [-0.15, -0.1) is 18.8 Å². The van der Waals surface area contributed by atoms with Crippen LogP contribution in [-0.2, 0) is 6.54 Å². The molecule has 1 N–H and O–H groups in total. The van der Waals surface area contributed by atoms with Crippen LogP contribution in [0.5, 0.6) is 0 Å². The lowest BCUT2D eigenvalue weighted by Crippen LogP contribution is -2.13. The van der Waals surface area contributed by atoms with Crippen LogP contribution in [0.3, 0.4) is 0 Å². The monoisotopic (exact) mass is 231 g/mol. The van der Waals surface area contributed by atoms with Gasteiger partial charge in [0.1, 0.15) is 0 Å². The average molecular weight is 232 g/mol.